The number of nitrogens with one attached hydrogen (secondary N) is 1. The first-order valence-electron chi connectivity index (χ1n) is 10.0. The minimum atomic E-state index is -0.0528. The molecule has 3 N–H and O–H groups in total. The number of nitrogen functional groups attached to an aromatic ring is 1. The molecular weight excluding hydrogens is 324 g/mol. The summed E-state index contributed by atoms with van der Waals surface area (Å²) < 4.78 is 0. The van der Waals surface area contributed by atoms with Gasteiger partial charge in [0.25, 0.3) is 0 Å². The molecule has 0 atom stereocenters. The van der Waals surface area contributed by atoms with Crippen molar-refractivity contribution >= 4 is 22.6 Å². The molecule has 0 saturated carbocycles. The number of aromatic nitrogens is 2. The number of carbonyl (C=O) groups excluding carboxylic acids is 1. The topological polar surface area (TPSA) is 75.0 Å². The first kappa shape index (κ1) is 18.9. The molecule has 0 amide bonds. The van der Waals surface area contributed by atoms with Gasteiger partial charge in [-0.2, -0.15) is 0 Å². The standard InChI is InChI=1S/C21H32N4O/c1-5-15(6-2)25-11-9-14(10-12-25)18-19-16(24-21(18)22)7-8-17(23-19)20(26)13(3)4/h7-8,13-15,24H,5-6,9-12,22H2,1-4H3. The number of H-pyrrole nitrogens is 1. The number of piperidine rings is 1. The summed E-state index contributed by atoms with van der Waals surface area (Å²) in [5.74, 6) is 1.15. The fourth-order valence-electron chi connectivity index (χ4n) is 4.31. The minimum absolute atomic E-state index is 0.0528. The van der Waals surface area contributed by atoms with Gasteiger partial charge in [-0.1, -0.05) is 27.7 Å². The second-order valence-corrected chi connectivity index (χ2v) is 7.84. The number of hydrogen-bond acceptors (Lipinski definition) is 4. The Morgan fingerprint density at radius 3 is 2.50 bits per heavy atom. The summed E-state index contributed by atoms with van der Waals surface area (Å²) in [4.78, 5) is 22.9. The van der Waals surface area contributed by atoms with E-state index in [0.717, 1.165) is 42.5 Å². The molecule has 3 rings (SSSR count). The van der Waals surface area contributed by atoms with Crippen molar-refractivity contribution in [2.45, 2.75) is 65.3 Å². The number of anilines is 1. The molecule has 1 saturated heterocycles. The van der Waals surface area contributed by atoms with Gasteiger partial charge in [-0.05, 0) is 56.8 Å². The normalized spacial score (nSPS) is 16.8. The van der Waals surface area contributed by atoms with E-state index in [1.807, 2.05) is 19.9 Å². The summed E-state index contributed by atoms with van der Waals surface area (Å²) in [6.45, 7) is 10.6. The quantitative estimate of drug-likeness (QED) is 0.755. The molecule has 1 fully saturated rings. The third kappa shape index (κ3) is 3.50. The van der Waals surface area contributed by atoms with Crippen molar-refractivity contribution in [3.05, 3.63) is 23.4 Å². The largest absolute Gasteiger partial charge is 0.385 e. The monoisotopic (exact) mass is 356 g/mol. The number of pyridine rings is 1. The van der Waals surface area contributed by atoms with Crippen molar-refractivity contribution in [3.8, 4) is 0 Å². The highest BCUT2D eigenvalue weighted by Gasteiger charge is 2.28. The Balaban J connectivity index is 1.87. The summed E-state index contributed by atoms with van der Waals surface area (Å²) in [5, 5.41) is 0. The van der Waals surface area contributed by atoms with Crippen LogP contribution < -0.4 is 5.73 Å². The van der Waals surface area contributed by atoms with E-state index in [1.165, 1.54) is 12.8 Å². The van der Waals surface area contributed by atoms with Crippen LogP contribution in [0.2, 0.25) is 0 Å². The lowest BCUT2D eigenvalue weighted by Crippen LogP contribution is -2.40. The Kier molecular flexibility index (Phi) is 5.66. The lowest BCUT2D eigenvalue weighted by atomic mass is 9.88. The van der Waals surface area contributed by atoms with Crippen molar-refractivity contribution in [1.82, 2.24) is 14.9 Å². The molecule has 2 aromatic rings. The van der Waals surface area contributed by atoms with Gasteiger partial charge in [0.2, 0.25) is 0 Å². The number of nitrogens with zero attached hydrogens (tertiary/aromatic N) is 2. The van der Waals surface area contributed by atoms with Crippen LogP contribution in [-0.4, -0.2) is 39.8 Å². The predicted molar refractivity (Wildman–Crippen MR) is 108 cm³/mol. The third-order valence-electron chi connectivity index (χ3n) is 5.88. The van der Waals surface area contributed by atoms with Crippen LogP contribution in [-0.2, 0) is 0 Å². The minimum Gasteiger partial charge on any atom is -0.385 e. The van der Waals surface area contributed by atoms with Gasteiger partial charge in [-0.3, -0.25) is 4.79 Å². The van der Waals surface area contributed by atoms with E-state index in [9.17, 15) is 4.79 Å². The lowest BCUT2D eigenvalue weighted by molar-refractivity contribution is 0.0934. The summed E-state index contributed by atoms with van der Waals surface area (Å²) in [7, 11) is 0. The molecule has 0 aromatic carbocycles. The Bertz CT molecular complexity index is 768. The molecule has 0 radical (unpaired) electrons. The molecule has 142 valence electrons. The molecule has 0 aliphatic carbocycles. The number of likely N-dealkylation sites (tertiary alicyclic amines) is 1. The fourth-order valence-corrected chi connectivity index (χ4v) is 4.31. The zero-order valence-electron chi connectivity index (χ0n) is 16.5. The average molecular weight is 357 g/mol. The van der Waals surface area contributed by atoms with Crippen LogP contribution in [0.25, 0.3) is 11.0 Å². The van der Waals surface area contributed by atoms with Crippen LogP contribution >= 0.6 is 0 Å². The van der Waals surface area contributed by atoms with Crippen LogP contribution in [0.5, 0.6) is 0 Å². The second-order valence-electron chi connectivity index (χ2n) is 7.84. The Morgan fingerprint density at radius 1 is 1.27 bits per heavy atom. The maximum Gasteiger partial charge on any atom is 0.183 e. The molecule has 26 heavy (non-hydrogen) atoms. The first-order chi connectivity index (χ1) is 12.5. The van der Waals surface area contributed by atoms with Gasteiger partial charge in [0, 0.05) is 17.5 Å². The third-order valence-corrected chi connectivity index (χ3v) is 5.88. The smallest absolute Gasteiger partial charge is 0.183 e. The maximum absolute atomic E-state index is 12.4. The van der Waals surface area contributed by atoms with Crippen LogP contribution in [0, 0.1) is 5.92 Å². The van der Waals surface area contributed by atoms with Crippen molar-refractivity contribution in [1.29, 1.82) is 0 Å². The predicted octanol–water partition coefficient (Wildman–Crippen LogP) is 4.35. The fraction of sp³-hybridized carbons (Fsp3) is 0.619. The van der Waals surface area contributed by atoms with Crippen LogP contribution in [0.4, 0.5) is 5.82 Å². The summed E-state index contributed by atoms with van der Waals surface area (Å²) in [6.07, 6.45) is 4.60. The Morgan fingerprint density at radius 2 is 1.92 bits per heavy atom. The molecule has 0 bridgehead atoms. The van der Waals surface area contributed by atoms with Crippen molar-refractivity contribution in [2.75, 3.05) is 18.8 Å². The van der Waals surface area contributed by atoms with E-state index < -0.39 is 0 Å². The number of ketones is 1. The molecule has 1 aliphatic rings. The summed E-state index contributed by atoms with van der Waals surface area (Å²) >= 11 is 0. The number of fused-ring (bicyclic) bond motifs is 1. The number of Topliss-reactive ketones (excluding diaryl/α,β-unsaturated/α-hetero) is 1. The maximum atomic E-state index is 12.4. The van der Waals surface area contributed by atoms with Crippen molar-refractivity contribution < 1.29 is 4.79 Å². The van der Waals surface area contributed by atoms with E-state index in [-0.39, 0.29) is 11.7 Å². The van der Waals surface area contributed by atoms with Gasteiger partial charge in [0.15, 0.2) is 5.78 Å². The van der Waals surface area contributed by atoms with Gasteiger partial charge in [0.1, 0.15) is 11.5 Å². The molecule has 1 aliphatic heterocycles. The summed E-state index contributed by atoms with van der Waals surface area (Å²) in [6, 6.07) is 4.43. The van der Waals surface area contributed by atoms with Crippen LogP contribution in [0.15, 0.2) is 12.1 Å². The highest BCUT2D eigenvalue weighted by Crippen LogP contribution is 2.37. The molecule has 5 heteroatoms. The van der Waals surface area contributed by atoms with Gasteiger partial charge >= 0.3 is 0 Å². The zero-order chi connectivity index (χ0) is 18.8. The highest BCUT2D eigenvalue weighted by molar-refractivity contribution is 5.98. The molecule has 0 spiro atoms. The first-order valence-corrected chi connectivity index (χ1v) is 10.0. The zero-order valence-corrected chi connectivity index (χ0v) is 16.5. The molecule has 5 nitrogen and oxygen atoms in total. The molecule has 3 heterocycles. The Labute approximate surface area is 156 Å². The lowest BCUT2D eigenvalue weighted by Gasteiger charge is -2.37. The second kappa shape index (κ2) is 7.78. The van der Waals surface area contributed by atoms with Crippen LogP contribution in [0.3, 0.4) is 0 Å². The average Bonchev–Trinajstić information content (AvgIpc) is 2.97. The van der Waals surface area contributed by atoms with Crippen LogP contribution in [0.1, 0.15) is 75.3 Å². The van der Waals surface area contributed by atoms with Gasteiger partial charge in [0.05, 0.1) is 11.0 Å². The molecular formula is C21H32N4O. The van der Waals surface area contributed by atoms with Crippen molar-refractivity contribution in [2.24, 2.45) is 5.92 Å². The Hall–Kier alpha value is -1.88. The van der Waals surface area contributed by atoms with Crippen molar-refractivity contribution in [3.63, 3.8) is 0 Å². The number of hydrogen-bond donors (Lipinski definition) is 2. The number of rotatable bonds is 6. The highest BCUT2D eigenvalue weighted by atomic mass is 16.1. The summed E-state index contributed by atoms with van der Waals surface area (Å²) in [5.41, 5.74) is 9.80. The van der Waals surface area contributed by atoms with E-state index in [0.29, 0.717) is 23.5 Å². The number of aromatic amines is 1. The number of nitrogens with two attached hydrogens (primary N) is 1. The van der Waals surface area contributed by atoms with Gasteiger partial charge < -0.3 is 15.6 Å². The van der Waals surface area contributed by atoms with E-state index in [4.69, 9.17) is 10.7 Å². The van der Waals surface area contributed by atoms with Gasteiger partial charge in [-0.25, -0.2) is 4.98 Å². The van der Waals surface area contributed by atoms with Gasteiger partial charge in [-0.15, -0.1) is 0 Å². The molecule has 2 aromatic heterocycles. The van der Waals surface area contributed by atoms with E-state index in [2.05, 4.69) is 23.7 Å². The number of carbonyl (C=O) groups is 1. The van der Waals surface area contributed by atoms with E-state index >= 15 is 0 Å². The molecule has 0 unspecified atom stereocenters. The SMILES string of the molecule is CCC(CC)N1CCC(c2c(N)[nH]c3ccc(C(=O)C(C)C)nc23)CC1. The van der Waals surface area contributed by atoms with E-state index in [1.54, 1.807) is 6.07 Å².